The minimum absolute atomic E-state index is 0.0582. The molecule has 9 heteroatoms. The van der Waals surface area contributed by atoms with Crippen LogP contribution in [0.25, 0.3) is 5.53 Å². The number of nitrogens with zero attached hydrogens (tertiary/aromatic N) is 2. The normalized spacial score (nSPS) is 12.1. The monoisotopic (exact) mass is 310 g/mol. The van der Waals surface area contributed by atoms with E-state index in [2.05, 4.69) is 14.8 Å². The van der Waals surface area contributed by atoms with Gasteiger partial charge >= 0.3 is 6.21 Å². The predicted octanol–water partition coefficient (Wildman–Crippen LogP) is 0.181. The molecule has 0 aliphatic carbocycles. The lowest BCUT2D eigenvalue weighted by atomic mass is 10.2. The van der Waals surface area contributed by atoms with Crippen LogP contribution in [-0.2, 0) is 19.6 Å². The quantitative estimate of drug-likeness (QED) is 0.441. The predicted molar refractivity (Wildman–Crippen MR) is 75.2 cm³/mol. The largest absolute Gasteiger partial charge is 0.361 e. The number of ketones is 1. The molecule has 0 saturated heterocycles. The van der Waals surface area contributed by atoms with Gasteiger partial charge in [0.25, 0.3) is 5.78 Å². The average molecular weight is 310 g/mol. The van der Waals surface area contributed by atoms with Gasteiger partial charge in [-0.1, -0.05) is 0 Å². The van der Waals surface area contributed by atoms with Crippen LogP contribution in [0, 0.1) is 0 Å². The molecule has 0 bridgehead atoms. The molecule has 0 saturated carbocycles. The van der Waals surface area contributed by atoms with Gasteiger partial charge in [-0.2, -0.15) is 4.79 Å². The number of rotatable bonds is 6. The van der Waals surface area contributed by atoms with Gasteiger partial charge in [-0.3, -0.25) is 9.59 Å². The van der Waals surface area contributed by atoms with Crippen molar-refractivity contribution in [3.05, 3.63) is 29.8 Å². The van der Waals surface area contributed by atoms with Crippen LogP contribution in [0.2, 0.25) is 0 Å². The lowest BCUT2D eigenvalue weighted by Gasteiger charge is -2.10. The fourth-order valence-electron chi connectivity index (χ4n) is 1.45. The smallest absolute Gasteiger partial charge is 0.324 e. The van der Waals surface area contributed by atoms with Crippen molar-refractivity contribution in [3.8, 4) is 0 Å². The third-order valence-electron chi connectivity index (χ3n) is 2.43. The number of nitrogens with one attached hydrogen (secondary N) is 2. The standard InChI is InChI=1S/C12H14N4O4S/c1-8(12(18)7-14-13)16-21(19,20)11-5-3-10(4-6-11)15-9(2)17/h3-8,16H,1-2H3,(H,15,17)/t8-/m1/s1. The molecule has 1 aromatic carbocycles. The lowest BCUT2D eigenvalue weighted by Crippen LogP contribution is -2.39. The number of hydrogen-bond acceptors (Lipinski definition) is 4. The maximum absolute atomic E-state index is 12.0. The third kappa shape index (κ3) is 4.92. The average Bonchev–Trinajstić information content (AvgIpc) is 2.38. The molecule has 8 nitrogen and oxygen atoms in total. The van der Waals surface area contributed by atoms with Gasteiger partial charge in [0.05, 0.1) is 10.9 Å². The van der Waals surface area contributed by atoms with Crippen molar-refractivity contribution < 1.29 is 22.8 Å². The number of benzene rings is 1. The van der Waals surface area contributed by atoms with E-state index < -0.39 is 21.8 Å². The Balaban J connectivity index is 2.90. The molecule has 0 radical (unpaired) electrons. The molecule has 112 valence electrons. The van der Waals surface area contributed by atoms with E-state index in [0.717, 1.165) is 0 Å². The molecule has 1 atom stereocenters. The van der Waals surface area contributed by atoms with Gasteiger partial charge in [0, 0.05) is 12.6 Å². The van der Waals surface area contributed by atoms with Gasteiger partial charge in [-0.05, 0) is 31.2 Å². The zero-order valence-electron chi connectivity index (χ0n) is 11.4. The Morgan fingerprint density at radius 2 is 1.86 bits per heavy atom. The van der Waals surface area contributed by atoms with Crippen molar-refractivity contribution in [1.29, 1.82) is 0 Å². The van der Waals surface area contributed by atoms with Gasteiger partial charge in [0.1, 0.15) is 0 Å². The molecule has 0 aliphatic heterocycles. The van der Waals surface area contributed by atoms with Gasteiger partial charge < -0.3 is 10.8 Å². The number of hydrogen-bond donors (Lipinski definition) is 2. The van der Waals surface area contributed by atoms with Crippen LogP contribution in [0.3, 0.4) is 0 Å². The highest BCUT2D eigenvalue weighted by Gasteiger charge is 2.22. The number of sulfonamides is 1. The van der Waals surface area contributed by atoms with Gasteiger partial charge in [-0.15, -0.1) is 0 Å². The Kier molecular flexibility index (Phi) is 5.48. The molecule has 0 unspecified atom stereocenters. The summed E-state index contributed by atoms with van der Waals surface area (Å²) in [7, 11) is -3.89. The van der Waals surface area contributed by atoms with E-state index in [1.54, 1.807) is 0 Å². The van der Waals surface area contributed by atoms with Crippen LogP contribution in [0.4, 0.5) is 5.69 Å². The van der Waals surface area contributed by atoms with Crippen LogP contribution >= 0.6 is 0 Å². The summed E-state index contributed by atoms with van der Waals surface area (Å²) in [6, 6.07) is 4.38. The zero-order valence-corrected chi connectivity index (χ0v) is 12.2. The first-order valence-corrected chi connectivity index (χ1v) is 7.36. The molecule has 0 aliphatic rings. The topological polar surface area (TPSA) is 129 Å². The van der Waals surface area contributed by atoms with Gasteiger partial charge in [-0.25, -0.2) is 13.1 Å². The molecule has 1 rings (SSSR count). The summed E-state index contributed by atoms with van der Waals surface area (Å²) in [5, 5.41) is 2.51. The van der Waals surface area contributed by atoms with Crippen molar-refractivity contribution in [1.82, 2.24) is 4.72 Å². The van der Waals surface area contributed by atoms with Crippen LogP contribution in [0.1, 0.15) is 13.8 Å². The summed E-state index contributed by atoms with van der Waals surface area (Å²) < 4.78 is 26.2. The number of carbonyl (C=O) groups is 2. The van der Waals surface area contributed by atoms with Crippen molar-refractivity contribution in [2.45, 2.75) is 24.8 Å². The van der Waals surface area contributed by atoms with Crippen LogP contribution in [0.15, 0.2) is 29.2 Å². The van der Waals surface area contributed by atoms with E-state index in [1.807, 2.05) is 0 Å². The zero-order chi connectivity index (χ0) is 16.0. The molecular weight excluding hydrogens is 296 g/mol. The van der Waals surface area contributed by atoms with E-state index >= 15 is 0 Å². The Morgan fingerprint density at radius 1 is 1.29 bits per heavy atom. The van der Waals surface area contributed by atoms with Crippen LogP contribution in [0.5, 0.6) is 0 Å². The summed E-state index contributed by atoms with van der Waals surface area (Å²) >= 11 is 0. The fraction of sp³-hybridized carbons (Fsp3) is 0.250. The van der Waals surface area contributed by atoms with Gasteiger partial charge in [0.15, 0.2) is 0 Å². The summed E-state index contributed by atoms with van der Waals surface area (Å²) in [5.74, 6) is -0.956. The summed E-state index contributed by atoms with van der Waals surface area (Å²) in [4.78, 5) is 24.7. The number of Topliss-reactive ketones (excluding diaryl/α,β-unsaturated/α-hetero) is 1. The molecule has 0 spiro atoms. The van der Waals surface area contributed by atoms with E-state index in [0.29, 0.717) is 11.9 Å². The van der Waals surface area contributed by atoms with E-state index in [-0.39, 0.29) is 10.8 Å². The second-order valence-electron chi connectivity index (χ2n) is 4.20. The van der Waals surface area contributed by atoms with Gasteiger partial charge in [0.2, 0.25) is 15.9 Å². The minimum Gasteiger partial charge on any atom is -0.361 e. The highest BCUT2D eigenvalue weighted by atomic mass is 32.2. The minimum atomic E-state index is -3.89. The van der Waals surface area contributed by atoms with Crippen molar-refractivity contribution in [2.75, 3.05) is 5.32 Å². The Bertz CT molecular complexity index is 690. The molecular formula is C12H14N4O4S. The Morgan fingerprint density at radius 3 is 2.33 bits per heavy atom. The highest BCUT2D eigenvalue weighted by molar-refractivity contribution is 7.89. The number of amides is 1. The lowest BCUT2D eigenvalue weighted by molar-refractivity contribution is -0.117. The summed E-state index contributed by atoms with van der Waals surface area (Å²) in [5.41, 5.74) is 8.70. The first-order valence-electron chi connectivity index (χ1n) is 5.87. The highest BCUT2D eigenvalue weighted by Crippen LogP contribution is 2.14. The third-order valence-corrected chi connectivity index (χ3v) is 3.99. The Labute approximate surface area is 121 Å². The summed E-state index contributed by atoms with van der Waals surface area (Å²) in [6.45, 7) is 2.66. The van der Waals surface area contributed by atoms with E-state index in [1.165, 1.54) is 38.1 Å². The number of carbonyl (C=O) groups excluding carboxylic acids is 2. The molecule has 1 aromatic rings. The SMILES string of the molecule is CC(=O)Nc1ccc(S(=O)(=O)N[C@H](C)C(=O)C=[N+]=[N-])cc1. The summed E-state index contributed by atoms with van der Waals surface area (Å²) in [6.07, 6.45) is 0.618. The maximum Gasteiger partial charge on any atom is 0.324 e. The first-order chi connectivity index (χ1) is 9.76. The fourth-order valence-corrected chi connectivity index (χ4v) is 2.66. The van der Waals surface area contributed by atoms with Crippen molar-refractivity contribution in [3.63, 3.8) is 0 Å². The van der Waals surface area contributed by atoms with E-state index in [9.17, 15) is 18.0 Å². The maximum atomic E-state index is 12.0. The molecule has 1 amide bonds. The molecule has 2 N–H and O–H groups in total. The second-order valence-corrected chi connectivity index (χ2v) is 5.91. The van der Waals surface area contributed by atoms with Crippen molar-refractivity contribution >= 4 is 33.6 Å². The number of anilines is 1. The molecule has 21 heavy (non-hydrogen) atoms. The molecule has 0 heterocycles. The second kappa shape index (κ2) is 6.89. The Hall–Kier alpha value is -2.35. The molecule has 0 aromatic heterocycles. The first kappa shape index (κ1) is 16.7. The van der Waals surface area contributed by atoms with Crippen LogP contribution < -0.4 is 10.0 Å². The van der Waals surface area contributed by atoms with Crippen LogP contribution in [-0.4, -0.2) is 37.2 Å². The van der Waals surface area contributed by atoms with E-state index in [4.69, 9.17) is 5.53 Å². The molecule has 0 fully saturated rings. The van der Waals surface area contributed by atoms with Crippen molar-refractivity contribution in [2.24, 2.45) is 0 Å².